The van der Waals surface area contributed by atoms with Crippen LogP contribution in [0.4, 0.5) is 24.7 Å². The fraction of sp³-hybridized carbons (Fsp3) is 0.346. The largest absolute Gasteiger partial charge is 0.385 e. The second-order valence-electron chi connectivity index (χ2n) is 10.2. The Balaban J connectivity index is 1.45. The molecule has 5 N–H and O–H groups in total. The molecule has 0 unspecified atom stereocenters. The van der Waals surface area contributed by atoms with Crippen LogP contribution in [0.15, 0.2) is 43.2 Å². The van der Waals surface area contributed by atoms with Crippen molar-refractivity contribution >= 4 is 33.6 Å². The number of rotatable bonds is 6. The first-order chi connectivity index (χ1) is 19.1. The molecule has 6 rings (SSSR count). The van der Waals surface area contributed by atoms with Crippen LogP contribution in [0.3, 0.4) is 0 Å². The first-order valence-electron chi connectivity index (χ1n) is 12.7. The number of aryl methyl sites for hydroxylation is 1. The van der Waals surface area contributed by atoms with E-state index in [1.54, 1.807) is 47.2 Å². The zero-order chi connectivity index (χ0) is 28.2. The predicted octanol–water partition coefficient (Wildman–Crippen LogP) is 2.47. The first-order valence-corrected chi connectivity index (χ1v) is 12.7. The van der Waals surface area contributed by atoms with Crippen molar-refractivity contribution in [3.63, 3.8) is 0 Å². The lowest BCUT2D eigenvalue weighted by molar-refractivity contribution is -0.0529. The number of benzene rings is 1. The number of nitrogen functional groups attached to an aromatic ring is 1. The van der Waals surface area contributed by atoms with Crippen LogP contribution in [0.2, 0.25) is 0 Å². The number of nitrogens with two attached hydrogens (primary N) is 2. The molecule has 0 bridgehead atoms. The number of aliphatic hydroxyl groups excluding tert-OH is 1. The molecule has 4 aromatic heterocycles. The molecule has 1 saturated heterocycles. The molecule has 0 radical (unpaired) electrons. The summed E-state index contributed by atoms with van der Waals surface area (Å²) in [5, 5.41) is 15.2. The van der Waals surface area contributed by atoms with Crippen molar-refractivity contribution in [2.75, 3.05) is 23.7 Å². The maximum absolute atomic E-state index is 15.3. The van der Waals surface area contributed by atoms with E-state index in [2.05, 4.69) is 25.0 Å². The zero-order valence-electron chi connectivity index (χ0n) is 21.5. The summed E-state index contributed by atoms with van der Waals surface area (Å²) in [4.78, 5) is 19.0. The number of halogens is 3. The van der Waals surface area contributed by atoms with Crippen LogP contribution in [0, 0.1) is 5.82 Å². The third-order valence-electron chi connectivity index (χ3n) is 7.57. The van der Waals surface area contributed by atoms with Crippen molar-refractivity contribution in [1.29, 1.82) is 0 Å². The summed E-state index contributed by atoms with van der Waals surface area (Å²) in [5.41, 5.74) is 14.3. The molecule has 0 amide bonds. The molecule has 208 valence electrons. The third-order valence-corrected chi connectivity index (χ3v) is 7.57. The highest BCUT2D eigenvalue weighted by Crippen LogP contribution is 2.34. The van der Waals surface area contributed by atoms with Crippen molar-refractivity contribution in [2.45, 2.75) is 37.5 Å². The van der Waals surface area contributed by atoms with E-state index >= 15 is 4.39 Å². The van der Waals surface area contributed by atoms with Gasteiger partial charge in [0.05, 0.1) is 47.7 Å². The van der Waals surface area contributed by atoms with Crippen LogP contribution < -0.4 is 16.4 Å². The minimum Gasteiger partial charge on any atom is -0.385 e. The molecule has 5 aromatic rings. The normalized spacial score (nSPS) is 18.7. The van der Waals surface area contributed by atoms with Crippen molar-refractivity contribution in [1.82, 2.24) is 34.3 Å². The molecule has 0 aliphatic carbocycles. The monoisotopic (exact) mass is 552 g/mol. The number of imidazole rings is 1. The number of pyridine rings is 1. The smallest absolute Gasteiger partial charge is 0.265 e. The fourth-order valence-corrected chi connectivity index (χ4v) is 5.43. The van der Waals surface area contributed by atoms with E-state index in [0.717, 1.165) is 5.39 Å². The lowest BCUT2D eigenvalue weighted by Gasteiger charge is -2.44. The molecular formula is C26H27F3N10O. The molecule has 2 atom stereocenters. The molecule has 0 spiro atoms. The summed E-state index contributed by atoms with van der Waals surface area (Å²) in [7, 11) is 1.74. The fourth-order valence-electron chi connectivity index (χ4n) is 5.43. The number of aliphatic hydroxyl groups is 1. The second-order valence-corrected chi connectivity index (χ2v) is 10.2. The van der Waals surface area contributed by atoms with Crippen molar-refractivity contribution in [3.05, 3.63) is 54.6 Å². The van der Waals surface area contributed by atoms with Gasteiger partial charge in [-0.05, 0) is 30.5 Å². The number of fused-ring (bicyclic) bond motifs is 2. The molecule has 40 heavy (non-hydrogen) atoms. The van der Waals surface area contributed by atoms with Gasteiger partial charge in [-0.25, -0.2) is 28.1 Å². The van der Waals surface area contributed by atoms with E-state index in [4.69, 9.17) is 11.5 Å². The highest BCUT2D eigenvalue weighted by Gasteiger charge is 2.43. The van der Waals surface area contributed by atoms with Gasteiger partial charge in [-0.3, -0.25) is 9.67 Å². The van der Waals surface area contributed by atoms with Gasteiger partial charge in [0.25, 0.3) is 6.43 Å². The van der Waals surface area contributed by atoms with Crippen LogP contribution >= 0.6 is 0 Å². The van der Waals surface area contributed by atoms with E-state index in [9.17, 15) is 13.9 Å². The van der Waals surface area contributed by atoms with E-state index in [1.807, 2.05) is 4.90 Å². The second kappa shape index (κ2) is 9.71. The van der Waals surface area contributed by atoms with Crippen LogP contribution in [0.25, 0.3) is 33.3 Å². The van der Waals surface area contributed by atoms with Crippen molar-refractivity contribution in [2.24, 2.45) is 12.8 Å². The summed E-state index contributed by atoms with van der Waals surface area (Å²) in [6.45, 7) is 0.737. The molecule has 1 aliphatic heterocycles. The molecular weight excluding hydrogens is 525 g/mol. The van der Waals surface area contributed by atoms with E-state index < -0.39 is 23.9 Å². The molecule has 1 aromatic carbocycles. The summed E-state index contributed by atoms with van der Waals surface area (Å²) in [5.74, 6) is -0.230. The Morgan fingerprint density at radius 2 is 1.95 bits per heavy atom. The Bertz CT molecular complexity index is 1720. The number of hydrogen-bond donors (Lipinski definition) is 3. The Morgan fingerprint density at radius 1 is 1.12 bits per heavy atom. The van der Waals surface area contributed by atoms with Crippen LogP contribution in [-0.2, 0) is 13.6 Å². The summed E-state index contributed by atoms with van der Waals surface area (Å²) in [6, 6.07) is 4.85. The van der Waals surface area contributed by atoms with Crippen molar-refractivity contribution < 1.29 is 18.3 Å². The van der Waals surface area contributed by atoms with E-state index in [1.165, 1.54) is 12.4 Å². The van der Waals surface area contributed by atoms with Gasteiger partial charge in [0.1, 0.15) is 23.8 Å². The maximum Gasteiger partial charge on any atom is 0.265 e. The van der Waals surface area contributed by atoms with Gasteiger partial charge in [0, 0.05) is 37.2 Å². The van der Waals surface area contributed by atoms with Gasteiger partial charge < -0.3 is 26.0 Å². The summed E-state index contributed by atoms with van der Waals surface area (Å²) < 4.78 is 45.6. The van der Waals surface area contributed by atoms with Crippen LogP contribution in [-0.4, -0.2) is 70.5 Å². The minimum atomic E-state index is -2.97. The Labute approximate surface area is 226 Å². The molecule has 14 heteroatoms. The topological polar surface area (TPSA) is 150 Å². The maximum atomic E-state index is 15.3. The number of aromatic nitrogens is 7. The highest BCUT2D eigenvalue weighted by molar-refractivity contribution is 5.85. The van der Waals surface area contributed by atoms with Gasteiger partial charge in [0.15, 0.2) is 11.5 Å². The average Bonchev–Trinajstić information content (AvgIpc) is 3.51. The molecule has 5 heterocycles. The molecule has 0 saturated carbocycles. The average molecular weight is 553 g/mol. The number of alkyl halides is 2. The Hall–Kier alpha value is -4.30. The van der Waals surface area contributed by atoms with Gasteiger partial charge in [-0.15, -0.1) is 0 Å². The first kappa shape index (κ1) is 26.0. The zero-order valence-corrected chi connectivity index (χ0v) is 21.5. The van der Waals surface area contributed by atoms with E-state index in [-0.39, 0.29) is 30.9 Å². The SMILES string of the molecule is Cn1ncc2cc(-c3cc(Cn4cnc5c(N)ncnc54)c(N4CCC[C@](N)([C@@H](O)C(F)F)C4)cn3)c(F)cc21. The summed E-state index contributed by atoms with van der Waals surface area (Å²) >= 11 is 0. The van der Waals surface area contributed by atoms with Crippen LogP contribution in [0.1, 0.15) is 18.4 Å². The molecule has 11 nitrogen and oxygen atoms in total. The van der Waals surface area contributed by atoms with Crippen LogP contribution in [0.5, 0.6) is 0 Å². The van der Waals surface area contributed by atoms with Gasteiger partial charge >= 0.3 is 0 Å². The molecule has 1 fully saturated rings. The van der Waals surface area contributed by atoms with Gasteiger partial charge in [0.2, 0.25) is 0 Å². The lowest BCUT2D eigenvalue weighted by atomic mass is 9.84. The number of hydrogen-bond acceptors (Lipinski definition) is 9. The predicted molar refractivity (Wildman–Crippen MR) is 143 cm³/mol. The Morgan fingerprint density at radius 3 is 2.75 bits per heavy atom. The van der Waals surface area contributed by atoms with Gasteiger partial charge in [-0.1, -0.05) is 0 Å². The minimum absolute atomic E-state index is 0.0116. The quantitative estimate of drug-likeness (QED) is 0.289. The number of nitrogens with zero attached hydrogens (tertiary/aromatic N) is 8. The summed E-state index contributed by atoms with van der Waals surface area (Å²) in [6.07, 6.45) is 1.93. The van der Waals surface area contributed by atoms with Gasteiger partial charge in [-0.2, -0.15) is 5.10 Å². The Kier molecular flexibility index (Phi) is 6.30. The van der Waals surface area contributed by atoms with Crippen molar-refractivity contribution in [3.8, 4) is 11.3 Å². The molecule has 1 aliphatic rings. The highest BCUT2D eigenvalue weighted by atomic mass is 19.3. The number of piperidine rings is 1. The van der Waals surface area contributed by atoms with E-state index in [0.29, 0.717) is 46.6 Å². The standard InChI is InChI=1S/C26H27F3N10O/c1-37-19-7-17(27)16(5-14(19)8-36-37)18-6-15(10-39-13-35-21-24(30)33-12-34-25(21)39)20(9-32-18)38-4-2-3-26(31,11-38)22(40)23(28)29/h5-9,12-13,22-23,40H,2-4,10-11,31H2,1H3,(H2,30,33,34)/t22-,26+/m0/s1. The third kappa shape index (κ3) is 4.38. The number of anilines is 2. The lowest BCUT2D eigenvalue weighted by Crippen LogP contribution is -2.63.